The van der Waals surface area contributed by atoms with Gasteiger partial charge in [-0.2, -0.15) is 0 Å². The molecule has 0 heterocycles. The Labute approximate surface area is 128 Å². The summed E-state index contributed by atoms with van der Waals surface area (Å²) in [5, 5.41) is 2.63. The fraction of sp³-hybridized carbons (Fsp3) is 0.500. The van der Waals surface area contributed by atoms with Crippen molar-refractivity contribution >= 4 is 10.8 Å². The summed E-state index contributed by atoms with van der Waals surface area (Å²) in [5.41, 5.74) is 1.53. The monoisotopic (exact) mass is 282 g/mol. The van der Waals surface area contributed by atoms with E-state index in [-0.39, 0.29) is 0 Å². The third-order valence-corrected chi connectivity index (χ3v) is 5.04. The van der Waals surface area contributed by atoms with Gasteiger partial charge in [-0.05, 0) is 72.9 Å². The summed E-state index contributed by atoms with van der Waals surface area (Å²) in [5.74, 6) is 2.71. The molecule has 112 valence electrons. The average Bonchev–Trinajstić information content (AvgIpc) is 2.55. The summed E-state index contributed by atoms with van der Waals surface area (Å²) < 4.78 is 5.58. The second kappa shape index (κ2) is 6.51. The van der Waals surface area contributed by atoms with E-state index in [1.54, 1.807) is 0 Å². The molecule has 2 aromatic rings. The maximum absolute atomic E-state index is 5.58. The predicted molar refractivity (Wildman–Crippen MR) is 90.1 cm³/mol. The molecule has 0 amide bonds. The summed E-state index contributed by atoms with van der Waals surface area (Å²) in [4.78, 5) is 0. The van der Waals surface area contributed by atoms with Crippen LogP contribution in [0.4, 0.5) is 0 Å². The van der Waals surface area contributed by atoms with E-state index >= 15 is 0 Å². The van der Waals surface area contributed by atoms with Gasteiger partial charge in [0.2, 0.25) is 0 Å². The minimum atomic E-state index is 0.726. The van der Waals surface area contributed by atoms with Crippen LogP contribution in [0, 0.1) is 5.92 Å². The SMILES string of the molecule is CCOc1ccc2cc(C3CCC(CC)CC3)ccc2c1. The zero-order valence-corrected chi connectivity index (χ0v) is 13.3. The Kier molecular flexibility index (Phi) is 4.48. The number of benzene rings is 2. The van der Waals surface area contributed by atoms with Gasteiger partial charge in [-0.15, -0.1) is 0 Å². The van der Waals surface area contributed by atoms with Crippen molar-refractivity contribution in [3.05, 3.63) is 42.0 Å². The minimum absolute atomic E-state index is 0.726. The Hall–Kier alpha value is -1.50. The Bertz CT molecular complexity index is 594. The quantitative estimate of drug-likeness (QED) is 0.676. The highest BCUT2D eigenvalue weighted by atomic mass is 16.5. The lowest BCUT2D eigenvalue weighted by Gasteiger charge is -2.28. The van der Waals surface area contributed by atoms with E-state index in [9.17, 15) is 0 Å². The number of rotatable bonds is 4. The van der Waals surface area contributed by atoms with Crippen LogP contribution in [0.2, 0.25) is 0 Å². The van der Waals surface area contributed by atoms with Gasteiger partial charge < -0.3 is 4.74 Å². The molecule has 0 saturated heterocycles. The predicted octanol–water partition coefficient (Wildman–Crippen LogP) is 5.92. The third kappa shape index (κ3) is 3.23. The largest absolute Gasteiger partial charge is 0.494 e. The molecule has 1 aliphatic carbocycles. The Balaban J connectivity index is 1.80. The molecule has 0 N–H and O–H groups in total. The average molecular weight is 282 g/mol. The molecule has 0 unspecified atom stereocenters. The van der Waals surface area contributed by atoms with Gasteiger partial charge in [-0.1, -0.05) is 37.6 Å². The van der Waals surface area contributed by atoms with Crippen LogP contribution in [0.3, 0.4) is 0 Å². The number of hydrogen-bond donors (Lipinski definition) is 0. The lowest BCUT2D eigenvalue weighted by Crippen LogP contribution is -2.12. The van der Waals surface area contributed by atoms with E-state index in [4.69, 9.17) is 4.74 Å². The highest BCUT2D eigenvalue weighted by molar-refractivity contribution is 5.84. The molecule has 1 saturated carbocycles. The summed E-state index contributed by atoms with van der Waals surface area (Å²) in [7, 11) is 0. The van der Waals surface area contributed by atoms with Crippen LogP contribution in [-0.4, -0.2) is 6.61 Å². The van der Waals surface area contributed by atoms with E-state index in [0.717, 1.165) is 24.2 Å². The summed E-state index contributed by atoms with van der Waals surface area (Å²) >= 11 is 0. The zero-order valence-electron chi connectivity index (χ0n) is 13.3. The Morgan fingerprint density at radius 2 is 1.62 bits per heavy atom. The number of ether oxygens (including phenoxy) is 1. The van der Waals surface area contributed by atoms with E-state index in [0.29, 0.717) is 0 Å². The number of hydrogen-bond acceptors (Lipinski definition) is 1. The van der Waals surface area contributed by atoms with Crippen LogP contribution < -0.4 is 4.74 Å². The van der Waals surface area contributed by atoms with Crippen LogP contribution >= 0.6 is 0 Å². The molecule has 0 aliphatic heterocycles. The first-order valence-corrected chi connectivity index (χ1v) is 8.46. The summed E-state index contributed by atoms with van der Waals surface area (Å²) in [6.07, 6.45) is 6.89. The highest BCUT2D eigenvalue weighted by Gasteiger charge is 2.21. The molecule has 1 fully saturated rings. The second-order valence-corrected chi connectivity index (χ2v) is 6.33. The molecule has 3 rings (SSSR count). The van der Waals surface area contributed by atoms with Crippen molar-refractivity contribution in [3.63, 3.8) is 0 Å². The standard InChI is InChI=1S/C20H26O/c1-3-15-5-7-16(8-6-15)17-9-10-19-14-20(21-4-2)12-11-18(19)13-17/h9-16H,3-8H2,1-2H3. The normalized spacial score (nSPS) is 22.4. The van der Waals surface area contributed by atoms with E-state index < -0.39 is 0 Å². The lowest BCUT2D eigenvalue weighted by molar-refractivity contribution is 0.319. The van der Waals surface area contributed by atoms with Crippen molar-refractivity contribution in [2.45, 2.75) is 51.9 Å². The third-order valence-electron chi connectivity index (χ3n) is 5.04. The maximum Gasteiger partial charge on any atom is 0.119 e. The molecule has 0 aromatic heterocycles. The van der Waals surface area contributed by atoms with Gasteiger partial charge in [0.15, 0.2) is 0 Å². The molecule has 1 nitrogen and oxygen atoms in total. The van der Waals surface area contributed by atoms with Crippen LogP contribution in [0.5, 0.6) is 5.75 Å². The van der Waals surface area contributed by atoms with Crippen LogP contribution in [-0.2, 0) is 0 Å². The molecule has 2 aromatic carbocycles. The van der Waals surface area contributed by atoms with Gasteiger partial charge in [0.25, 0.3) is 0 Å². The Morgan fingerprint density at radius 3 is 2.33 bits per heavy atom. The van der Waals surface area contributed by atoms with Crippen molar-refractivity contribution in [3.8, 4) is 5.75 Å². The van der Waals surface area contributed by atoms with E-state index in [2.05, 4.69) is 43.3 Å². The van der Waals surface area contributed by atoms with Gasteiger partial charge in [0.1, 0.15) is 5.75 Å². The smallest absolute Gasteiger partial charge is 0.119 e. The van der Waals surface area contributed by atoms with Crippen molar-refractivity contribution in [2.75, 3.05) is 6.61 Å². The van der Waals surface area contributed by atoms with Crippen molar-refractivity contribution in [2.24, 2.45) is 5.92 Å². The topological polar surface area (TPSA) is 9.23 Å². The van der Waals surface area contributed by atoms with E-state index in [1.165, 1.54) is 48.4 Å². The van der Waals surface area contributed by atoms with E-state index in [1.807, 2.05) is 6.92 Å². The molecule has 0 radical (unpaired) electrons. The van der Waals surface area contributed by atoms with Crippen LogP contribution in [0.25, 0.3) is 10.8 Å². The number of fused-ring (bicyclic) bond motifs is 1. The summed E-state index contributed by atoms with van der Waals surface area (Å²) in [6, 6.07) is 13.4. The highest BCUT2D eigenvalue weighted by Crippen LogP contribution is 2.38. The van der Waals surface area contributed by atoms with Gasteiger partial charge in [-0.3, -0.25) is 0 Å². The van der Waals surface area contributed by atoms with Crippen LogP contribution in [0.1, 0.15) is 57.4 Å². The molecular weight excluding hydrogens is 256 g/mol. The van der Waals surface area contributed by atoms with Gasteiger partial charge in [0, 0.05) is 0 Å². The van der Waals surface area contributed by atoms with Crippen molar-refractivity contribution in [1.82, 2.24) is 0 Å². The Morgan fingerprint density at radius 1 is 0.905 bits per heavy atom. The maximum atomic E-state index is 5.58. The molecule has 0 spiro atoms. The molecule has 21 heavy (non-hydrogen) atoms. The summed E-state index contributed by atoms with van der Waals surface area (Å²) in [6.45, 7) is 5.08. The van der Waals surface area contributed by atoms with Gasteiger partial charge >= 0.3 is 0 Å². The first-order valence-electron chi connectivity index (χ1n) is 8.46. The fourth-order valence-electron chi connectivity index (χ4n) is 3.66. The van der Waals surface area contributed by atoms with Gasteiger partial charge in [0.05, 0.1) is 6.61 Å². The first kappa shape index (κ1) is 14.4. The van der Waals surface area contributed by atoms with Crippen LogP contribution in [0.15, 0.2) is 36.4 Å². The van der Waals surface area contributed by atoms with Gasteiger partial charge in [-0.25, -0.2) is 0 Å². The molecule has 0 atom stereocenters. The first-order chi connectivity index (χ1) is 10.3. The van der Waals surface area contributed by atoms with Crippen molar-refractivity contribution in [1.29, 1.82) is 0 Å². The van der Waals surface area contributed by atoms with Crippen molar-refractivity contribution < 1.29 is 4.74 Å². The fourth-order valence-corrected chi connectivity index (χ4v) is 3.66. The molecular formula is C20H26O. The molecule has 1 heteroatoms. The molecule has 0 bridgehead atoms. The zero-order chi connectivity index (χ0) is 14.7. The minimum Gasteiger partial charge on any atom is -0.494 e. The molecule has 1 aliphatic rings. The second-order valence-electron chi connectivity index (χ2n) is 6.33. The lowest BCUT2D eigenvalue weighted by atomic mass is 9.77.